The highest BCUT2D eigenvalue weighted by Gasteiger charge is 2.41. The molecule has 1 amide bonds. The second-order valence-corrected chi connectivity index (χ2v) is 6.08. The Hall–Kier alpha value is -1.53. The molecule has 1 fully saturated rings. The topological polar surface area (TPSA) is 83.6 Å². The molecule has 1 aliphatic heterocycles. The predicted octanol–water partition coefficient (Wildman–Crippen LogP) is 1.10. The standard InChI is InChI=1S/C14H18N2O3S/c1-9-16(12(8-20-9)14(18)19)13(17)11(7-15)10-5-3-2-4-6-10/h2-6,9,11-12H,7-8,15H2,1H3,(H,18,19). The fourth-order valence-electron chi connectivity index (χ4n) is 2.41. The lowest BCUT2D eigenvalue weighted by Crippen LogP contribution is -2.48. The van der Waals surface area contributed by atoms with Crippen LogP contribution >= 0.6 is 11.8 Å². The second kappa shape index (κ2) is 6.28. The highest BCUT2D eigenvalue weighted by Crippen LogP contribution is 2.32. The van der Waals surface area contributed by atoms with Crippen molar-refractivity contribution in [1.82, 2.24) is 4.90 Å². The Labute approximate surface area is 122 Å². The zero-order valence-electron chi connectivity index (χ0n) is 11.2. The number of hydrogen-bond acceptors (Lipinski definition) is 4. The average molecular weight is 294 g/mol. The minimum absolute atomic E-state index is 0.138. The van der Waals surface area contributed by atoms with E-state index in [2.05, 4.69) is 0 Å². The summed E-state index contributed by atoms with van der Waals surface area (Å²) in [6, 6.07) is 8.50. The maximum Gasteiger partial charge on any atom is 0.327 e. The monoisotopic (exact) mass is 294 g/mol. The molecule has 0 saturated carbocycles. The molecule has 1 aliphatic rings. The van der Waals surface area contributed by atoms with E-state index in [1.165, 1.54) is 16.7 Å². The van der Waals surface area contributed by atoms with Crippen LogP contribution in [0.1, 0.15) is 18.4 Å². The number of aliphatic carboxylic acids is 1. The van der Waals surface area contributed by atoms with Crippen molar-refractivity contribution in [2.24, 2.45) is 5.73 Å². The van der Waals surface area contributed by atoms with Gasteiger partial charge in [-0.25, -0.2) is 4.79 Å². The van der Waals surface area contributed by atoms with Gasteiger partial charge in [-0.2, -0.15) is 0 Å². The van der Waals surface area contributed by atoms with Crippen molar-refractivity contribution in [2.75, 3.05) is 12.3 Å². The van der Waals surface area contributed by atoms with E-state index in [0.717, 1.165) is 5.56 Å². The fraction of sp³-hybridized carbons (Fsp3) is 0.429. The number of carboxylic acids is 1. The van der Waals surface area contributed by atoms with Crippen LogP contribution in [-0.2, 0) is 9.59 Å². The number of thioether (sulfide) groups is 1. The summed E-state index contributed by atoms with van der Waals surface area (Å²) in [7, 11) is 0. The van der Waals surface area contributed by atoms with Crippen molar-refractivity contribution in [3.63, 3.8) is 0 Å². The van der Waals surface area contributed by atoms with Crippen LogP contribution in [0.25, 0.3) is 0 Å². The minimum Gasteiger partial charge on any atom is -0.480 e. The summed E-state index contributed by atoms with van der Waals surface area (Å²) in [6.07, 6.45) is 0. The number of hydrogen-bond donors (Lipinski definition) is 2. The molecule has 6 heteroatoms. The molecule has 3 N–H and O–H groups in total. The molecule has 3 atom stereocenters. The van der Waals surface area contributed by atoms with Gasteiger partial charge >= 0.3 is 5.97 Å². The van der Waals surface area contributed by atoms with E-state index in [9.17, 15) is 14.7 Å². The number of benzene rings is 1. The first-order valence-corrected chi connectivity index (χ1v) is 7.52. The molecule has 0 aromatic heterocycles. The van der Waals surface area contributed by atoms with Gasteiger partial charge in [0.1, 0.15) is 6.04 Å². The smallest absolute Gasteiger partial charge is 0.327 e. The van der Waals surface area contributed by atoms with Gasteiger partial charge in [-0.1, -0.05) is 30.3 Å². The van der Waals surface area contributed by atoms with E-state index in [1.807, 2.05) is 37.3 Å². The van der Waals surface area contributed by atoms with Crippen LogP contribution in [-0.4, -0.2) is 45.6 Å². The summed E-state index contributed by atoms with van der Waals surface area (Å²) in [4.78, 5) is 25.4. The van der Waals surface area contributed by atoms with Gasteiger partial charge in [0.05, 0.1) is 11.3 Å². The Balaban J connectivity index is 2.26. The quantitative estimate of drug-likeness (QED) is 0.869. The summed E-state index contributed by atoms with van der Waals surface area (Å²) in [5.41, 5.74) is 6.57. The Kier molecular flexibility index (Phi) is 4.67. The molecule has 0 bridgehead atoms. The molecule has 0 radical (unpaired) electrons. The summed E-state index contributed by atoms with van der Waals surface area (Å²) in [5, 5.41) is 9.10. The van der Waals surface area contributed by atoms with Gasteiger partial charge in [0.15, 0.2) is 0 Å². The van der Waals surface area contributed by atoms with Crippen molar-refractivity contribution >= 4 is 23.6 Å². The molecule has 1 aromatic carbocycles. The molecule has 1 heterocycles. The van der Waals surface area contributed by atoms with Crippen LogP contribution in [0, 0.1) is 0 Å². The molecule has 2 rings (SSSR count). The molecule has 1 aromatic rings. The molecule has 0 aliphatic carbocycles. The average Bonchev–Trinajstić information content (AvgIpc) is 2.82. The number of rotatable bonds is 4. The van der Waals surface area contributed by atoms with E-state index in [-0.39, 0.29) is 17.8 Å². The molecular formula is C14H18N2O3S. The third kappa shape index (κ3) is 2.81. The van der Waals surface area contributed by atoms with Crippen molar-refractivity contribution in [2.45, 2.75) is 24.3 Å². The van der Waals surface area contributed by atoms with Gasteiger partial charge in [0, 0.05) is 12.3 Å². The maximum atomic E-state index is 12.7. The number of amides is 1. The SMILES string of the molecule is CC1SCC(C(=O)O)N1C(=O)C(CN)c1ccccc1. The van der Waals surface area contributed by atoms with E-state index in [0.29, 0.717) is 5.75 Å². The van der Waals surface area contributed by atoms with Gasteiger partial charge < -0.3 is 15.7 Å². The Bertz CT molecular complexity index is 494. The number of carboxylic acid groups (broad SMARTS) is 1. The van der Waals surface area contributed by atoms with Crippen molar-refractivity contribution in [3.05, 3.63) is 35.9 Å². The predicted molar refractivity (Wildman–Crippen MR) is 78.4 cm³/mol. The third-order valence-electron chi connectivity index (χ3n) is 3.50. The van der Waals surface area contributed by atoms with Crippen LogP contribution in [0.4, 0.5) is 0 Å². The number of carbonyl (C=O) groups is 2. The van der Waals surface area contributed by atoms with Crippen molar-refractivity contribution in [3.8, 4) is 0 Å². The molecule has 0 spiro atoms. The molecular weight excluding hydrogens is 276 g/mol. The zero-order chi connectivity index (χ0) is 14.7. The van der Waals surface area contributed by atoms with Gasteiger partial charge in [0.25, 0.3) is 0 Å². The largest absolute Gasteiger partial charge is 0.480 e. The highest BCUT2D eigenvalue weighted by atomic mass is 32.2. The summed E-state index contributed by atoms with van der Waals surface area (Å²) >= 11 is 1.48. The van der Waals surface area contributed by atoms with E-state index in [4.69, 9.17) is 5.73 Å². The maximum absolute atomic E-state index is 12.7. The Morgan fingerprint density at radius 1 is 1.45 bits per heavy atom. The lowest BCUT2D eigenvalue weighted by molar-refractivity contribution is -0.149. The number of carbonyl (C=O) groups excluding carboxylic acids is 1. The van der Waals surface area contributed by atoms with Gasteiger partial charge in [-0.15, -0.1) is 11.8 Å². The van der Waals surface area contributed by atoms with E-state index < -0.39 is 17.9 Å². The zero-order valence-corrected chi connectivity index (χ0v) is 12.0. The summed E-state index contributed by atoms with van der Waals surface area (Å²) in [5.74, 6) is -1.23. The molecule has 108 valence electrons. The number of nitrogens with zero attached hydrogens (tertiary/aromatic N) is 1. The van der Waals surface area contributed by atoms with Crippen LogP contribution in [0.2, 0.25) is 0 Å². The van der Waals surface area contributed by atoms with Gasteiger partial charge in [-0.05, 0) is 12.5 Å². The fourth-order valence-corrected chi connectivity index (χ4v) is 3.59. The van der Waals surface area contributed by atoms with Crippen LogP contribution < -0.4 is 5.73 Å². The Morgan fingerprint density at radius 2 is 2.10 bits per heavy atom. The van der Waals surface area contributed by atoms with Crippen molar-refractivity contribution in [1.29, 1.82) is 0 Å². The molecule has 3 unspecified atom stereocenters. The molecule has 1 saturated heterocycles. The first-order valence-electron chi connectivity index (χ1n) is 6.48. The van der Waals surface area contributed by atoms with Gasteiger partial charge in [-0.3, -0.25) is 4.79 Å². The molecule has 5 nitrogen and oxygen atoms in total. The summed E-state index contributed by atoms with van der Waals surface area (Å²) in [6.45, 7) is 2.02. The lowest BCUT2D eigenvalue weighted by atomic mass is 9.97. The summed E-state index contributed by atoms with van der Waals surface area (Å²) < 4.78 is 0. The normalized spacial score (nSPS) is 23.6. The van der Waals surface area contributed by atoms with Crippen LogP contribution in [0.3, 0.4) is 0 Å². The lowest BCUT2D eigenvalue weighted by Gasteiger charge is -2.29. The van der Waals surface area contributed by atoms with Gasteiger partial charge in [0.2, 0.25) is 5.91 Å². The highest BCUT2D eigenvalue weighted by molar-refractivity contribution is 8.00. The van der Waals surface area contributed by atoms with Crippen LogP contribution in [0.5, 0.6) is 0 Å². The minimum atomic E-state index is -0.959. The molecule has 20 heavy (non-hydrogen) atoms. The first-order chi connectivity index (χ1) is 9.56. The van der Waals surface area contributed by atoms with E-state index in [1.54, 1.807) is 0 Å². The Morgan fingerprint density at radius 3 is 2.65 bits per heavy atom. The van der Waals surface area contributed by atoms with Crippen molar-refractivity contribution < 1.29 is 14.7 Å². The number of nitrogens with two attached hydrogens (primary N) is 1. The third-order valence-corrected chi connectivity index (χ3v) is 4.72. The first kappa shape index (κ1) is 14.9. The van der Waals surface area contributed by atoms with E-state index >= 15 is 0 Å². The second-order valence-electron chi connectivity index (χ2n) is 4.73. The van der Waals surface area contributed by atoms with Crippen LogP contribution in [0.15, 0.2) is 30.3 Å².